The smallest absolute Gasteiger partial charge is 0.240 e. The number of para-hydroxylation sites is 1. The van der Waals surface area contributed by atoms with Crippen molar-refractivity contribution in [2.45, 2.75) is 36.7 Å². The Balaban J connectivity index is 1.66. The number of anilines is 1. The quantitative estimate of drug-likeness (QED) is 0.591. The van der Waals surface area contributed by atoms with E-state index in [1.807, 2.05) is 54.9 Å². The number of hydrogen-bond donors (Lipinski definition) is 2. The summed E-state index contributed by atoms with van der Waals surface area (Å²) in [6, 6.07) is 14.7. The van der Waals surface area contributed by atoms with E-state index in [1.54, 1.807) is 12.1 Å². The Morgan fingerprint density at radius 1 is 1.20 bits per heavy atom. The van der Waals surface area contributed by atoms with E-state index in [4.69, 9.17) is 16.3 Å². The fourth-order valence-corrected chi connectivity index (χ4v) is 4.56. The van der Waals surface area contributed by atoms with E-state index in [0.29, 0.717) is 22.5 Å². The van der Waals surface area contributed by atoms with Crippen molar-refractivity contribution in [3.63, 3.8) is 0 Å². The number of halogens is 1. The minimum Gasteiger partial charge on any atom is -0.494 e. The van der Waals surface area contributed by atoms with Crippen LogP contribution in [0.25, 0.3) is 0 Å². The van der Waals surface area contributed by atoms with Gasteiger partial charge >= 0.3 is 0 Å². The number of carbonyl (C=O) groups excluding carboxylic acids is 1. The summed E-state index contributed by atoms with van der Waals surface area (Å²) in [5, 5.41) is 12.1. The maximum atomic E-state index is 13.2. The zero-order chi connectivity index (χ0) is 21.1. The van der Waals surface area contributed by atoms with Gasteiger partial charge in [-0.3, -0.25) is 4.79 Å². The van der Waals surface area contributed by atoms with Crippen molar-refractivity contribution in [3.05, 3.63) is 64.9 Å². The van der Waals surface area contributed by atoms with E-state index in [0.717, 1.165) is 23.6 Å². The van der Waals surface area contributed by atoms with Crippen LogP contribution in [-0.4, -0.2) is 32.6 Å². The van der Waals surface area contributed by atoms with Crippen molar-refractivity contribution in [2.75, 3.05) is 17.3 Å². The van der Waals surface area contributed by atoms with Gasteiger partial charge < -0.3 is 15.5 Å². The molecule has 1 aliphatic heterocycles. The van der Waals surface area contributed by atoms with Gasteiger partial charge in [-0.2, -0.15) is 0 Å². The normalized spacial score (nSPS) is 17.7. The molecule has 0 saturated carbocycles. The number of amides is 1. The summed E-state index contributed by atoms with van der Waals surface area (Å²) in [6.45, 7) is 4.57. The van der Waals surface area contributed by atoms with Gasteiger partial charge in [0.1, 0.15) is 11.0 Å². The number of aryl methyl sites for hydroxylation is 1. The molecule has 1 amide bonds. The first-order valence-corrected chi connectivity index (χ1v) is 11.0. The molecule has 7 nitrogen and oxygen atoms in total. The minimum atomic E-state index is -0.472. The Bertz CT molecular complexity index is 1040. The minimum absolute atomic E-state index is 0.160. The Morgan fingerprint density at radius 3 is 2.67 bits per heavy atom. The van der Waals surface area contributed by atoms with Gasteiger partial charge in [0.2, 0.25) is 11.1 Å². The lowest BCUT2D eigenvalue weighted by Gasteiger charge is -2.33. The van der Waals surface area contributed by atoms with Crippen LogP contribution in [0.2, 0.25) is 5.02 Å². The van der Waals surface area contributed by atoms with E-state index in [-0.39, 0.29) is 11.9 Å². The summed E-state index contributed by atoms with van der Waals surface area (Å²) in [5.74, 6) is 1.45. The highest BCUT2D eigenvalue weighted by Crippen LogP contribution is 2.38. The second kappa shape index (κ2) is 8.97. The average Bonchev–Trinajstić information content (AvgIpc) is 3.17. The molecule has 2 unspecified atom stereocenters. The number of nitrogens with zero attached hydrogens (tertiary/aromatic N) is 3. The van der Waals surface area contributed by atoms with Gasteiger partial charge in [0, 0.05) is 6.42 Å². The van der Waals surface area contributed by atoms with Crippen LogP contribution in [0.4, 0.5) is 5.69 Å². The van der Waals surface area contributed by atoms with Gasteiger partial charge in [-0.1, -0.05) is 54.6 Å². The number of benzene rings is 2. The molecular formula is C21H22ClN5O2S. The second-order valence-electron chi connectivity index (χ2n) is 6.70. The van der Waals surface area contributed by atoms with Gasteiger partial charge in [0.05, 0.1) is 23.4 Å². The molecular weight excluding hydrogens is 422 g/mol. The molecule has 30 heavy (non-hydrogen) atoms. The lowest BCUT2D eigenvalue weighted by atomic mass is 10.0. The highest BCUT2D eigenvalue weighted by molar-refractivity contribution is 8.00. The summed E-state index contributed by atoms with van der Waals surface area (Å²) in [7, 11) is 0. The third-order valence-electron chi connectivity index (χ3n) is 4.76. The van der Waals surface area contributed by atoms with Crippen molar-refractivity contribution >= 4 is 35.0 Å². The van der Waals surface area contributed by atoms with E-state index < -0.39 is 5.25 Å². The SMILES string of the molecule is CCOc1ccc(C2Nn3c(CC)nnc3SC2C(=O)Nc2ccccc2Cl)cc1. The van der Waals surface area contributed by atoms with Crippen molar-refractivity contribution in [2.24, 2.45) is 0 Å². The highest BCUT2D eigenvalue weighted by Gasteiger charge is 2.37. The Kier molecular flexibility index (Phi) is 6.15. The van der Waals surface area contributed by atoms with E-state index in [1.165, 1.54) is 11.8 Å². The lowest BCUT2D eigenvalue weighted by Crippen LogP contribution is -2.41. The molecule has 3 aromatic rings. The molecule has 1 aromatic heterocycles. The lowest BCUT2D eigenvalue weighted by molar-refractivity contribution is -0.116. The molecule has 0 bridgehead atoms. The van der Waals surface area contributed by atoms with Gasteiger partial charge in [0.25, 0.3) is 0 Å². The molecule has 2 atom stereocenters. The molecule has 2 aromatic carbocycles. The highest BCUT2D eigenvalue weighted by atomic mass is 35.5. The number of rotatable bonds is 6. The summed E-state index contributed by atoms with van der Waals surface area (Å²) in [6.07, 6.45) is 0.729. The molecule has 4 rings (SSSR count). The van der Waals surface area contributed by atoms with Crippen molar-refractivity contribution in [3.8, 4) is 5.75 Å². The van der Waals surface area contributed by atoms with Crippen molar-refractivity contribution < 1.29 is 9.53 Å². The monoisotopic (exact) mass is 443 g/mol. The molecule has 9 heteroatoms. The molecule has 2 N–H and O–H groups in total. The van der Waals surface area contributed by atoms with Gasteiger partial charge in [-0.25, -0.2) is 4.68 Å². The molecule has 0 radical (unpaired) electrons. The van der Waals surface area contributed by atoms with Crippen LogP contribution in [0.5, 0.6) is 5.75 Å². The van der Waals surface area contributed by atoms with Crippen molar-refractivity contribution in [1.29, 1.82) is 0 Å². The van der Waals surface area contributed by atoms with Gasteiger partial charge in [-0.15, -0.1) is 10.2 Å². The van der Waals surface area contributed by atoms with Gasteiger partial charge in [-0.05, 0) is 36.8 Å². The first kappa shape index (κ1) is 20.6. The second-order valence-corrected chi connectivity index (χ2v) is 8.22. The fourth-order valence-electron chi connectivity index (χ4n) is 3.28. The van der Waals surface area contributed by atoms with Gasteiger partial charge in [0.15, 0.2) is 5.82 Å². The van der Waals surface area contributed by atoms with Crippen LogP contribution in [-0.2, 0) is 11.2 Å². The third-order valence-corrected chi connectivity index (χ3v) is 6.31. The average molecular weight is 444 g/mol. The molecule has 0 spiro atoms. The van der Waals surface area contributed by atoms with Crippen LogP contribution in [0, 0.1) is 0 Å². The number of nitrogens with one attached hydrogen (secondary N) is 2. The number of hydrogen-bond acceptors (Lipinski definition) is 6. The predicted molar refractivity (Wildman–Crippen MR) is 119 cm³/mol. The van der Waals surface area contributed by atoms with Crippen LogP contribution >= 0.6 is 23.4 Å². The Morgan fingerprint density at radius 2 is 1.97 bits per heavy atom. The predicted octanol–water partition coefficient (Wildman–Crippen LogP) is 4.29. The largest absolute Gasteiger partial charge is 0.494 e. The molecule has 0 saturated heterocycles. The number of ether oxygens (including phenoxy) is 1. The van der Waals surface area contributed by atoms with Crippen LogP contribution in [0.15, 0.2) is 53.7 Å². The summed E-state index contributed by atoms with van der Waals surface area (Å²) >= 11 is 7.62. The van der Waals surface area contributed by atoms with E-state index in [9.17, 15) is 4.79 Å². The first-order chi connectivity index (χ1) is 14.6. The first-order valence-electron chi connectivity index (χ1n) is 9.76. The number of fused-ring (bicyclic) bond motifs is 1. The van der Waals surface area contributed by atoms with Crippen molar-refractivity contribution in [1.82, 2.24) is 14.9 Å². The molecule has 156 valence electrons. The van der Waals surface area contributed by atoms with Crippen LogP contribution in [0.3, 0.4) is 0 Å². The van der Waals surface area contributed by atoms with E-state index in [2.05, 4.69) is 20.9 Å². The third kappa shape index (κ3) is 4.11. The molecule has 0 fully saturated rings. The Labute approximate surface area is 184 Å². The number of thioether (sulfide) groups is 1. The zero-order valence-electron chi connectivity index (χ0n) is 16.6. The molecule has 0 aliphatic carbocycles. The topological polar surface area (TPSA) is 81.1 Å². The number of aromatic nitrogens is 3. The molecule has 1 aliphatic rings. The standard InChI is InChI=1S/C21H22ClN5O2S/c1-3-17-24-25-21-27(17)26-18(13-9-11-14(12-10-13)29-4-2)19(30-21)20(28)23-16-8-6-5-7-15(16)22/h5-12,18-19,26H,3-4H2,1-2H3,(H,23,28). The van der Waals surface area contributed by atoms with Crippen LogP contribution in [0.1, 0.15) is 31.3 Å². The summed E-state index contributed by atoms with van der Waals surface area (Å²) in [4.78, 5) is 13.2. The number of carbonyl (C=O) groups is 1. The maximum Gasteiger partial charge on any atom is 0.240 e. The fraction of sp³-hybridized carbons (Fsp3) is 0.286. The zero-order valence-corrected chi connectivity index (χ0v) is 18.2. The van der Waals surface area contributed by atoms with Crippen LogP contribution < -0.4 is 15.5 Å². The summed E-state index contributed by atoms with van der Waals surface area (Å²) in [5.41, 5.74) is 4.98. The van der Waals surface area contributed by atoms with E-state index >= 15 is 0 Å². The summed E-state index contributed by atoms with van der Waals surface area (Å²) < 4.78 is 7.42. The maximum absolute atomic E-state index is 13.2. The Hall–Kier alpha value is -2.71. The molecule has 2 heterocycles.